The number of benzene rings is 3. The van der Waals surface area contributed by atoms with Gasteiger partial charge in [-0.2, -0.15) is 0 Å². The van der Waals surface area contributed by atoms with Crippen molar-refractivity contribution in [2.75, 3.05) is 10.2 Å². The maximum absolute atomic E-state index is 13.9. The topological polar surface area (TPSA) is 119 Å². The summed E-state index contributed by atoms with van der Waals surface area (Å²) in [4.78, 5) is 42.3. The van der Waals surface area contributed by atoms with E-state index in [1.807, 2.05) is 0 Å². The Bertz CT molecular complexity index is 1410. The molecule has 3 aliphatic rings. The zero-order chi connectivity index (χ0) is 24.5. The van der Waals surface area contributed by atoms with E-state index in [0.29, 0.717) is 27.5 Å². The molecule has 1 spiro atoms. The van der Waals surface area contributed by atoms with Crippen molar-refractivity contribution in [3.05, 3.63) is 82.9 Å². The van der Waals surface area contributed by atoms with Crippen LogP contribution in [0.2, 0.25) is 5.02 Å². The van der Waals surface area contributed by atoms with Crippen molar-refractivity contribution in [1.82, 2.24) is 5.32 Å². The van der Waals surface area contributed by atoms with Crippen LogP contribution in [0.4, 0.5) is 11.4 Å². The summed E-state index contributed by atoms with van der Waals surface area (Å²) in [6.45, 7) is 0. The molecule has 35 heavy (non-hydrogen) atoms. The Hall–Kier alpha value is -3.88. The molecule has 0 aromatic heterocycles. The van der Waals surface area contributed by atoms with Gasteiger partial charge in [-0.1, -0.05) is 35.9 Å². The maximum atomic E-state index is 13.9. The van der Waals surface area contributed by atoms with Gasteiger partial charge in [0.1, 0.15) is 5.54 Å². The SMILES string of the molecule is O=C1[C@@H]2[C@H](Cc3ccc(O)c(O)c3)N[C@]3(C(=O)Nc4ccccc43)[C@H]2C(=O)N1c1ccc(Cl)cc1. The van der Waals surface area contributed by atoms with Crippen LogP contribution < -0.4 is 15.5 Å². The largest absolute Gasteiger partial charge is 0.504 e. The molecule has 0 saturated carbocycles. The number of imide groups is 1. The van der Waals surface area contributed by atoms with Gasteiger partial charge in [0.05, 0.1) is 17.5 Å². The quantitative estimate of drug-likeness (QED) is 0.332. The highest BCUT2D eigenvalue weighted by molar-refractivity contribution is 6.31. The van der Waals surface area contributed by atoms with E-state index in [2.05, 4.69) is 10.6 Å². The maximum Gasteiger partial charge on any atom is 0.250 e. The number of nitrogens with zero attached hydrogens (tertiary/aromatic N) is 1. The molecule has 3 amide bonds. The lowest BCUT2D eigenvalue weighted by Gasteiger charge is -2.29. The minimum Gasteiger partial charge on any atom is -0.504 e. The molecule has 9 heteroatoms. The first-order valence-corrected chi connectivity index (χ1v) is 11.5. The summed E-state index contributed by atoms with van der Waals surface area (Å²) in [6.07, 6.45) is 0.250. The first-order chi connectivity index (χ1) is 16.8. The van der Waals surface area contributed by atoms with Crippen LogP contribution in [-0.4, -0.2) is 34.0 Å². The summed E-state index contributed by atoms with van der Waals surface area (Å²) in [7, 11) is 0. The predicted molar refractivity (Wildman–Crippen MR) is 128 cm³/mol. The molecule has 8 nitrogen and oxygen atoms in total. The Morgan fingerprint density at radius 1 is 0.914 bits per heavy atom. The number of halogens is 1. The molecule has 176 valence electrons. The third-order valence-electron chi connectivity index (χ3n) is 7.20. The Labute approximate surface area is 205 Å². The molecule has 0 aliphatic carbocycles. The summed E-state index contributed by atoms with van der Waals surface area (Å²) in [6, 6.07) is 17.4. The molecule has 0 unspecified atom stereocenters. The number of aromatic hydroxyl groups is 2. The highest BCUT2D eigenvalue weighted by Crippen LogP contribution is 2.54. The fourth-order valence-electron chi connectivity index (χ4n) is 5.73. The van der Waals surface area contributed by atoms with Crippen LogP contribution in [0.1, 0.15) is 11.1 Å². The number of hydrogen-bond acceptors (Lipinski definition) is 6. The molecular formula is C26H20ClN3O5. The average molecular weight is 490 g/mol. The van der Waals surface area contributed by atoms with Crippen molar-refractivity contribution in [2.24, 2.45) is 11.8 Å². The van der Waals surface area contributed by atoms with Gasteiger partial charge in [0.15, 0.2) is 11.5 Å². The Kier molecular flexibility index (Phi) is 4.67. The minimum atomic E-state index is -1.42. The smallest absolute Gasteiger partial charge is 0.250 e. The van der Waals surface area contributed by atoms with Crippen LogP contribution >= 0.6 is 11.6 Å². The number of rotatable bonds is 3. The number of phenols is 2. The van der Waals surface area contributed by atoms with Gasteiger partial charge in [-0.05, 0) is 54.4 Å². The predicted octanol–water partition coefficient (Wildman–Crippen LogP) is 2.92. The van der Waals surface area contributed by atoms with Gasteiger partial charge < -0.3 is 15.5 Å². The van der Waals surface area contributed by atoms with E-state index < -0.39 is 35.2 Å². The van der Waals surface area contributed by atoms with Crippen molar-refractivity contribution >= 4 is 40.7 Å². The summed E-state index contributed by atoms with van der Waals surface area (Å²) in [5, 5.41) is 26.4. The molecule has 4 atom stereocenters. The number of para-hydroxylation sites is 1. The summed E-state index contributed by atoms with van der Waals surface area (Å²) < 4.78 is 0. The van der Waals surface area contributed by atoms with Crippen LogP contribution in [0.25, 0.3) is 0 Å². The third-order valence-corrected chi connectivity index (χ3v) is 7.45. The Balaban J connectivity index is 1.48. The van der Waals surface area contributed by atoms with Crippen molar-refractivity contribution in [3.8, 4) is 11.5 Å². The van der Waals surface area contributed by atoms with E-state index in [4.69, 9.17) is 11.6 Å². The molecular weight excluding hydrogens is 470 g/mol. The Morgan fingerprint density at radius 2 is 1.66 bits per heavy atom. The van der Waals surface area contributed by atoms with Gasteiger partial charge in [-0.15, -0.1) is 0 Å². The molecule has 0 bridgehead atoms. The number of carbonyl (C=O) groups is 3. The van der Waals surface area contributed by atoms with E-state index in [9.17, 15) is 24.6 Å². The van der Waals surface area contributed by atoms with Crippen LogP contribution in [0.3, 0.4) is 0 Å². The molecule has 4 N–H and O–H groups in total. The highest BCUT2D eigenvalue weighted by atomic mass is 35.5. The molecule has 3 aromatic rings. The van der Waals surface area contributed by atoms with Crippen LogP contribution in [-0.2, 0) is 26.3 Å². The van der Waals surface area contributed by atoms with Gasteiger partial charge in [0, 0.05) is 22.3 Å². The van der Waals surface area contributed by atoms with Crippen LogP contribution in [0, 0.1) is 11.8 Å². The number of anilines is 2. The lowest BCUT2D eigenvalue weighted by molar-refractivity contribution is -0.130. The number of carbonyl (C=O) groups excluding carboxylic acids is 3. The van der Waals surface area contributed by atoms with Crippen molar-refractivity contribution < 1.29 is 24.6 Å². The summed E-state index contributed by atoms with van der Waals surface area (Å²) in [5.41, 5.74) is 0.831. The number of hydrogen-bond donors (Lipinski definition) is 4. The van der Waals surface area contributed by atoms with E-state index in [1.54, 1.807) is 54.6 Å². The molecule has 2 fully saturated rings. The van der Waals surface area contributed by atoms with Crippen LogP contribution in [0.15, 0.2) is 66.7 Å². The average Bonchev–Trinajstić information content (AvgIpc) is 3.42. The monoisotopic (exact) mass is 489 g/mol. The normalized spacial score (nSPS) is 26.8. The lowest BCUT2D eigenvalue weighted by Crippen LogP contribution is -2.53. The van der Waals surface area contributed by atoms with Gasteiger partial charge in [-0.25, -0.2) is 4.90 Å². The zero-order valence-corrected chi connectivity index (χ0v) is 19.0. The number of amides is 3. The lowest BCUT2D eigenvalue weighted by atomic mass is 9.76. The van der Waals surface area contributed by atoms with Crippen molar-refractivity contribution in [2.45, 2.75) is 18.0 Å². The zero-order valence-electron chi connectivity index (χ0n) is 18.2. The van der Waals surface area contributed by atoms with E-state index >= 15 is 0 Å². The Morgan fingerprint density at radius 3 is 2.40 bits per heavy atom. The van der Waals surface area contributed by atoms with E-state index in [0.717, 1.165) is 4.90 Å². The second-order valence-corrected chi connectivity index (χ2v) is 9.51. The fourth-order valence-corrected chi connectivity index (χ4v) is 5.85. The third kappa shape index (κ3) is 3.00. The first kappa shape index (κ1) is 21.6. The summed E-state index contributed by atoms with van der Waals surface area (Å²) >= 11 is 6.01. The van der Waals surface area contributed by atoms with Crippen molar-refractivity contribution in [1.29, 1.82) is 0 Å². The molecule has 3 aromatic carbocycles. The second kappa shape index (κ2) is 7.56. The van der Waals surface area contributed by atoms with Gasteiger partial charge in [-0.3, -0.25) is 19.7 Å². The summed E-state index contributed by atoms with van der Waals surface area (Å²) in [5.74, 6) is -3.59. The van der Waals surface area contributed by atoms with Crippen LogP contribution in [0.5, 0.6) is 11.5 Å². The first-order valence-electron chi connectivity index (χ1n) is 11.1. The minimum absolute atomic E-state index is 0.250. The van der Waals surface area contributed by atoms with E-state index in [1.165, 1.54) is 12.1 Å². The van der Waals surface area contributed by atoms with Gasteiger partial charge >= 0.3 is 0 Å². The van der Waals surface area contributed by atoms with Gasteiger partial charge in [0.2, 0.25) is 17.7 Å². The number of phenolic OH excluding ortho intramolecular Hbond substituents is 2. The molecule has 2 saturated heterocycles. The molecule has 6 rings (SSSR count). The second-order valence-electron chi connectivity index (χ2n) is 9.08. The molecule has 3 heterocycles. The molecule has 3 aliphatic heterocycles. The highest BCUT2D eigenvalue weighted by Gasteiger charge is 2.70. The number of nitrogens with one attached hydrogen (secondary N) is 2. The standard InChI is InChI=1S/C26H20ClN3O5/c27-14-6-8-15(9-7-14)30-23(33)21-18(11-13-5-10-19(31)20(32)12-13)29-26(22(21)24(30)34)16-3-1-2-4-17(16)28-25(26)35/h1-10,12,18,21-22,29,31-32H,11H2,(H,28,35)/t18-,21+,22+,26-/m0/s1. The van der Waals surface area contributed by atoms with Gasteiger partial charge in [0.25, 0.3) is 0 Å². The number of fused-ring (bicyclic) bond motifs is 4. The van der Waals surface area contributed by atoms with E-state index in [-0.39, 0.29) is 23.8 Å². The van der Waals surface area contributed by atoms with Crippen molar-refractivity contribution in [3.63, 3.8) is 0 Å². The fraction of sp³-hybridized carbons (Fsp3) is 0.192. The molecule has 0 radical (unpaired) electrons.